The Labute approximate surface area is 148 Å². The third-order valence-corrected chi connectivity index (χ3v) is 4.07. The van der Waals surface area contributed by atoms with Gasteiger partial charge in [-0.15, -0.1) is 0 Å². The predicted octanol–water partition coefficient (Wildman–Crippen LogP) is 2.93. The van der Waals surface area contributed by atoms with E-state index in [-0.39, 0.29) is 16.8 Å². The van der Waals surface area contributed by atoms with Gasteiger partial charge in [0.1, 0.15) is 11.4 Å². The summed E-state index contributed by atoms with van der Waals surface area (Å²) in [6.45, 7) is 2.35. The molecule has 1 aliphatic rings. The second kappa shape index (κ2) is 6.03. The van der Waals surface area contributed by atoms with Crippen molar-refractivity contribution in [2.24, 2.45) is 0 Å². The zero-order valence-electron chi connectivity index (χ0n) is 13.8. The zero-order valence-corrected chi connectivity index (χ0v) is 13.8. The maximum absolute atomic E-state index is 12.4. The van der Waals surface area contributed by atoms with Gasteiger partial charge in [-0.05, 0) is 37.3 Å². The highest BCUT2D eigenvalue weighted by Gasteiger charge is 2.39. The zero-order chi connectivity index (χ0) is 18.3. The number of carbonyl (C=O) groups excluding carboxylic acids is 3. The molecule has 7 nitrogen and oxygen atoms in total. The predicted molar refractivity (Wildman–Crippen MR) is 91.8 cm³/mol. The lowest BCUT2D eigenvalue weighted by Gasteiger charge is -2.11. The van der Waals surface area contributed by atoms with Gasteiger partial charge in [-0.3, -0.25) is 9.59 Å². The molecular formula is C19H14N2O5. The molecule has 0 atom stereocenters. The van der Waals surface area contributed by atoms with Crippen molar-refractivity contribution in [1.29, 1.82) is 0 Å². The number of rotatable bonds is 4. The van der Waals surface area contributed by atoms with E-state index < -0.39 is 17.8 Å². The van der Waals surface area contributed by atoms with E-state index in [9.17, 15) is 14.4 Å². The molecule has 2 aromatic carbocycles. The van der Waals surface area contributed by atoms with Gasteiger partial charge in [0.05, 0.1) is 17.7 Å². The summed E-state index contributed by atoms with van der Waals surface area (Å²) < 4.78 is 5.53. The molecule has 0 radical (unpaired) electrons. The lowest BCUT2D eigenvalue weighted by molar-refractivity contribution is -0.0587. The van der Waals surface area contributed by atoms with Crippen molar-refractivity contribution < 1.29 is 24.0 Å². The van der Waals surface area contributed by atoms with Crippen molar-refractivity contribution >= 4 is 28.7 Å². The topological polar surface area (TPSA) is 88.7 Å². The van der Waals surface area contributed by atoms with Crippen LogP contribution in [0.5, 0.6) is 5.75 Å². The molecule has 130 valence electrons. The molecule has 1 aliphatic heterocycles. The molecule has 0 fully saturated rings. The van der Waals surface area contributed by atoms with Gasteiger partial charge in [-0.25, -0.2) is 4.79 Å². The van der Waals surface area contributed by atoms with Crippen LogP contribution in [-0.2, 0) is 4.84 Å². The van der Waals surface area contributed by atoms with Gasteiger partial charge in [0.2, 0.25) is 0 Å². The minimum absolute atomic E-state index is 0.115. The van der Waals surface area contributed by atoms with Crippen LogP contribution in [0, 0.1) is 0 Å². The van der Waals surface area contributed by atoms with Crippen LogP contribution in [0.3, 0.4) is 0 Å². The number of hydrogen-bond donors (Lipinski definition) is 1. The first-order valence-corrected chi connectivity index (χ1v) is 8.04. The first kappa shape index (κ1) is 15.9. The lowest BCUT2D eigenvalue weighted by atomic mass is 10.1. The fourth-order valence-electron chi connectivity index (χ4n) is 2.90. The summed E-state index contributed by atoms with van der Waals surface area (Å²) in [4.78, 5) is 45.0. The van der Waals surface area contributed by atoms with Gasteiger partial charge in [0.25, 0.3) is 11.8 Å². The Morgan fingerprint density at radius 1 is 1.04 bits per heavy atom. The Morgan fingerprint density at radius 2 is 1.73 bits per heavy atom. The highest BCUT2D eigenvalue weighted by Crippen LogP contribution is 2.28. The first-order chi connectivity index (χ1) is 12.6. The average molecular weight is 350 g/mol. The van der Waals surface area contributed by atoms with Crippen molar-refractivity contribution in [3.8, 4) is 5.75 Å². The second-order valence-electron chi connectivity index (χ2n) is 5.66. The van der Waals surface area contributed by atoms with Crippen molar-refractivity contribution in [2.75, 3.05) is 6.61 Å². The molecule has 2 amide bonds. The molecule has 1 aromatic heterocycles. The smallest absolute Gasteiger partial charge is 0.380 e. The summed E-state index contributed by atoms with van der Waals surface area (Å²) in [5.74, 6) is -1.53. The Kier molecular flexibility index (Phi) is 3.69. The van der Waals surface area contributed by atoms with E-state index in [1.807, 2.05) is 6.92 Å². The Hall–Kier alpha value is -3.61. The van der Waals surface area contributed by atoms with E-state index in [1.165, 1.54) is 12.1 Å². The van der Waals surface area contributed by atoms with E-state index in [0.717, 1.165) is 0 Å². The average Bonchev–Trinajstić information content (AvgIpc) is 3.19. The molecule has 0 aliphatic carbocycles. The van der Waals surface area contributed by atoms with Crippen LogP contribution in [0.25, 0.3) is 10.9 Å². The minimum atomic E-state index is -0.835. The van der Waals surface area contributed by atoms with E-state index in [4.69, 9.17) is 9.57 Å². The van der Waals surface area contributed by atoms with E-state index in [2.05, 4.69) is 4.98 Å². The van der Waals surface area contributed by atoms with Gasteiger partial charge in [0, 0.05) is 10.9 Å². The summed E-state index contributed by atoms with van der Waals surface area (Å²) in [6.07, 6.45) is 0. The van der Waals surface area contributed by atoms with Gasteiger partial charge < -0.3 is 14.6 Å². The van der Waals surface area contributed by atoms with Crippen molar-refractivity contribution in [3.05, 3.63) is 65.4 Å². The summed E-state index contributed by atoms with van der Waals surface area (Å²) >= 11 is 0. The Morgan fingerprint density at radius 3 is 2.38 bits per heavy atom. The maximum Gasteiger partial charge on any atom is 0.380 e. The molecule has 0 saturated heterocycles. The second-order valence-corrected chi connectivity index (χ2v) is 5.66. The largest absolute Gasteiger partial charge is 0.493 e. The number of nitrogens with zero attached hydrogens (tertiary/aromatic N) is 1. The van der Waals surface area contributed by atoms with Crippen molar-refractivity contribution in [3.63, 3.8) is 0 Å². The molecule has 0 bridgehead atoms. The minimum Gasteiger partial charge on any atom is -0.493 e. The van der Waals surface area contributed by atoms with Gasteiger partial charge in [-0.2, -0.15) is 0 Å². The number of H-pyrrole nitrogens is 1. The standard InChI is InChI=1S/C19H14N2O5/c1-2-25-16-9-5-8-14-13(16)10-15(20-14)19(24)26-21-17(22)11-6-3-4-7-12(11)18(21)23/h3-10,20H,2H2,1H3. The number of hydrogen-bond acceptors (Lipinski definition) is 5. The van der Waals surface area contributed by atoms with E-state index in [0.29, 0.717) is 28.3 Å². The number of imide groups is 1. The molecule has 7 heteroatoms. The number of aromatic amines is 1. The summed E-state index contributed by atoms with van der Waals surface area (Å²) in [6, 6.07) is 13.3. The normalized spacial score (nSPS) is 13.2. The number of carbonyl (C=O) groups is 3. The summed E-state index contributed by atoms with van der Waals surface area (Å²) in [5, 5.41) is 1.20. The number of benzene rings is 2. The molecule has 4 rings (SSSR count). The van der Waals surface area contributed by atoms with Crippen molar-refractivity contribution in [2.45, 2.75) is 6.92 Å². The molecule has 26 heavy (non-hydrogen) atoms. The molecule has 2 heterocycles. The van der Waals surface area contributed by atoms with Gasteiger partial charge >= 0.3 is 5.97 Å². The third kappa shape index (κ3) is 2.41. The van der Waals surface area contributed by atoms with E-state index >= 15 is 0 Å². The fourth-order valence-corrected chi connectivity index (χ4v) is 2.90. The van der Waals surface area contributed by atoms with Gasteiger partial charge in [0.15, 0.2) is 0 Å². The number of hydroxylamine groups is 2. The number of nitrogens with one attached hydrogen (secondary N) is 1. The monoisotopic (exact) mass is 350 g/mol. The van der Waals surface area contributed by atoms with Crippen molar-refractivity contribution in [1.82, 2.24) is 10.0 Å². The van der Waals surface area contributed by atoms with Crippen LogP contribution >= 0.6 is 0 Å². The number of amides is 2. The molecule has 0 spiro atoms. The van der Waals surface area contributed by atoms with Crippen LogP contribution < -0.4 is 4.74 Å². The van der Waals surface area contributed by atoms with Crippen LogP contribution in [0.15, 0.2) is 48.5 Å². The molecule has 1 N–H and O–H groups in total. The van der Waals surface area contributed by atoms with Gasteiger partial charge in [-0.1, -0.05) is 23.3 Å². The molecule has 0 saturated carbocycles. The number of aromatic nitrogens is 1. The summed E-state index contributed by atoms with van der Waals surface area (Å²) in [7, 11) is 0. The van der Waals surface area contributed by atoms with Crippen LogP contribution in [0.1, 0.15) is 38.1 Å². The number of fused-ring (bicyclic) bond motifs is 2. The van der Waals surface area contributed by atoms with Crippen LogP contribution in [0.2, 0.25) is 0 Å². The Balaban J connectivity index is 1.62. The highest BCUT2D eigenvalue weighted by atomic mass is 16.7. The third-order valence-electron chi connectivity index (χ3n) is 4.07. The van der Waals surface area contributed by atoms with Crippen LogP contribution in [0.4, 0.5) is 0 Å². The quantitative estimate of drug-likeness (QED) is 0.731. The van der Waals surface area contributed by atoms with E-state index in [1.54, 1.807) is 36.4 Å². The Bertz CT molecular complexity index is 1020. The molecular weight excluding hydrogens is 336 g/mol. The first-order valence-electron chi connectivity index (χ1n) is 8.04. The maximum atomic E-state index is 12.4. The van der Waals surface area contributed by atoms with Crippen LogP contribution in [-0.4, -0.2) is 34.4 Å². The molecule has 0 unspecified atom stereocenters. The highest BCUT2D eigenvalue weighted by molar-refractivity contribution is 6.21. The fraction of sp³-hybridized carbons (Fsp3) is 0.105. The molecule has 3 aromatic rings. The SMILES string of the molecule is CCOc1cccc2[nH]c(C(=O)ON3C(=O)c4ccccc4C3=O)cc12. The lowest BCUT2D eigenvalue weighted by Crippen LogP contribution is -2.32. The summed E-state index contributed by atoms with van der Waals surface area (Å²) in [5.41, 5.74) is 1.22. The number of ether oxygens (including phenoxy) is 1.